The molecule has 5 nitrogen and oxygen atoms in total. The SMILES string of the molecule is CCn1cccc1C(=O)NC(C(=O)O)c1cccs1. The van der Waals surface area contributed by atoms with E-state index in [2.05, 4.69) is 5.32 Å². The third kappa shape index (κ3) is 2.85. The fraction of sp³-hybridized carbons (Fsp3) is 0.231. The molecule has 2 aromatic rings. The molecular weight excluding hydrogens is 264 g/mol. The number of rotatable bonds is 5. The fourth-order valence-corrected chi connectivity index (χ4v) is 2.58. The second-order valence-corrected chi connectivity index (χ2v) is 4.92. The van der Waals surface area contributed by atoms with Crippen molar-refractivity contribution in [3.05, 3.63) is 46.4 Å². The van der Waals surface area contributed by atoms with Crippen molar-refractivity contribution in [3.8, 4) is 0 Å². The largest absolute Gasteiger partial charge is 0.479 e. The van der Waals surface area contributed by atoms with Crippen molar-refractivity contribution in [2.24, 2.45) is 0 Å². The fourth-order valence-electron chi connectivity index (χ4n) is 1.81. The molecule has 0 aliphatic carbocycles. The van der Waals surface area contributed by atoms with Crippen LogP contribution in [0, 0.1) is 0 Å². The van der Waals surface area contributed by atoms with Gasteiger partial charge in [0.2, 0.25) is 0 Å². The highest BCUT2D eigenvalue weighted by molar-refractivity contribution is 7.10. The smallest absolute Gasteiger partial charge is 0.331 e. The molecule has 0 fully saturated rings. The molecule has 0 saturated carbocycles. The summed E-state index contributed by atoms with van der Waals surface area (Å²) >= 11 is 1.31. The molecule has 100 valence electrons. The van der Waals surface area contributed by atoms with Crippen LogP contribution in [0.5, 0.6) is 0 Å². The molecule has 1 atom stereocenters. The van der Waals surface area contributed by atoms with Crippen LogP contribution in [-0.2, 0) is 11.3 Å². The maximum absolute atomic E-state index is 12.1. The van der Waals surface area contributed by atoms with Gasteiger partial charge >= 0.3 is 5.97 Å². The Bertz CT molecular complexity index is 574. The van der Waals surface area contributed by atoms with Gasteiger partial charge in [0.1, 0.15) is 5.69 Å². The summed E-state index contributed by atoms with van der Waals surface area (Å²) in [5, 5.41) is 13.5. The van der Waals surface area contributed by atoms with Gasteiger partial charge in [-0.05, 0) is 30.5 Å². The second-order valence-electron chi connectivity index (χ2n) is 3.94. The van der Waals surface area contributed by atoms with Gasteiger partial charge in [0.05, 0.1) is 0 Å². The lowest BCUT2D eigenvalue weighted by atomic mass is 10.2. The quantitative estimate of drug-likeness (QED) is 0.880. The maximum Gasteiger partial charge on any atom is 0.331 e. The highest BCUT2D eigenvalue weighted by atomic mass is 32.1. The first kappa shape index (κ1) is 13.4. The number of hydrogen-bond acceptors (Lipinski definition) is 3. The zero-order valence-corrected chi connectivity index (χ0v) is 11.2. The van der Waals surface area contributed by atoms with Crippen molar-refractivity contribution < 1.29 is 14.7 Å². The number of aryl methyl sites for hydroxylation is 1. The molecule has 6 heteroatoms. The van der Waals surface area contributed by atoms with Gasteiger partial charge in [0.15, 0.2) is 6.04 Å². The lowest BCUT2D eigenvalue weighted by molar-refractivity contribution is -0.139. The van der Waals surface area contributed by atoms with E-state index in [0.29, 0.717) is 17.1 Å². The van der Waals surface area contributed by atoms with Crippen molar-refractivity contribution in [2.45, 2.75) is 19.5 Å². The number of nitrogens with zero attached hydrogens (tertiary/aromatic N) is 1. The molecular formula is C13H14N2O3S. The van der Waals surface area contributed by atoms with E-state index < -0.39 is 12.0 Å². The average molecular weight is 278 g/mol. The number of amides is 1. The number of thiophene rings is 1. The molecule has 2 heterocycles. The summed E-state index contributed by atoms with van der Waals surface area (Å²) in [6, 6.07) is 5.89. The van der Waals surface area contributed by atoms with Crippen molar-refractivity contribution >= 4 is 23.2 Å². The molecule has 0 saturated heterocycles. The number of carboxylic acid groups (broad SMARTS) is 1. The zero-order chi connectivity index (χ0) is 13.8. The minimum absolute atomic E-state index is 0.382. The van der Waals surface area contributed by atoms with Gasteiger partial charge < -0.3 is 15.0 Å². The standard InChI is InChI=1S/C13H14N2O3S/c1-2-15-7-3-5-9(15)12(16)14-11(13(17)18)10-6-4-8-19-10/h3-8,11H,2H2,1H3,(H,14,16)(H,17,18). The first-order valence-corrected chi connectivity index (χ1v) is 6.73. The van der Waals surface area contributed by atoms with E-state index in [1.54, 1.807) is 40.4 Å². The predicted molar refractivity (Wildman–Crippen MR) is 72.3 cm³/mol. The molecule has 2 aromatic heterocycles. The van der Waals surface area contributed by atoms with Gasteiger partial charge in [-0.3, -0.25) is 4.79 Å². The first-order chi connectivity index (χ1) is 9.13. The molecule has 0 radical (unpaired) electrons. The molecule has 1 amide bonds. The minimum Gasteiger partial charge on any atom is -0.479 e. The number of nitrogens with one attached hydrogen (secondary N) is 1. The van der Waals surface area contributed by atoms with Crippen molar-refractivity contribution in [1.29, 1.82) is 0 Å². The van der Waals surface area contributed by atoms with Crippen LogP contribution < -0.4 is 5.32 Å². The van der Waals surface area contributed by atoms with Crippen molar-refractivity contribution in [3.63, 3.8) is 0 Å². The van der Waals surface area contributed by atoms with Crippen LogP contribution in [0.4, 0.5) is 0 Å². The normalized spacial score (nSPS) is 12.1. The summed E-state index contributed by atoms with van der Waals surface area (Å²) in [4.78, 5) is 24.0. The molecule has 19 heavy (non-hydrogen) atoms. The van der Waals surface area contributed by atoms with E-state index in [4.69, 9.17) is 0 Å². The van der Waals surface area contributed by atoms with Crippen molar-refractivity contribution in [1.82, 2.24) is 9.88 Å². The van der Waals surface area contributed by atoms with Crippen LogP contribution in [0.2, 0.25) is 0 Å². The molecule has 0 bridgehead atoms. The Labute approximate surface area is 114 Å². The topological polar surface area (TPSA) is 71.3 Å². The maximum atomic E-state index is 12.1. The van der Waals surface area contributed by atoms with E-state index in [9.17, 15) is 14.7 Å². The van der Waals surface area contributed by atoms with E-state index >= 15 is 0 Å². The number of carbonyl (C=O) groups is 2. The van der Waals surface area contributed by atoms with Gasteiger partial charge in [-0.1, -0.05) is 6.07 Å². The van der Waals surface area contributed by atoms with Gasteiger partial charge in [0.25, 0.3) is 5.91 Å². The number of aromatic nitrogens is 1. The molecule has 0 aliphatic heterocycles. The van der Waals surface area contributed by atoms with Crippen LogP contribution in [0.3, 0.4) is 0 Å². The summed E-state index contributed by atoms with van der Waals surface area (Å²) in [5.74, 6) is -1.45. The zero-order valence-electron chi connectivity index (χ0n) is 10.4. The number of hydrogen-bond donors (Lipinski definition) is 2. The first-order valence-electron chi connectivity index (χ1n) is 5.85. The van der Waals surface area contributed by atoms with Crippen molar-refractivity contribution in [2.75, 3.05) is 0 Å². The Morgan fingerprint density at radius 2 is 2.21 bits per heavy atom. The Morgan fingerprint density at radius 1 is 1.42 bits per heavy atom. The van der Waals surface area contributed by atoms with E-state index in [1.165, 1.54) is 11.3 Å². The van der Waals surface area contributed by atoms with Crippen LogP contribution in [-0.4, -0.2) is 21.6 Å². The van der Waals surface area contributed by atoms with Crippen LogP contribution in [0.25, 0.3) is 0 Å². The summed E-state index contributed by atoms with van der Waals surface area (Å²) in [5.41, 5.74) is 0.463. The van der Waals surface area contributed by atoms with E-state index in [0.717, 1.165) is 0 Å². The number of carboxylic acids is 1. The van der Waals surface area contributed by atoms with E-state index in [1.807, 2.05) is 6.92 Å². The summed E-state index contributed by atoms with van der Waals surface area (Å²) < 4.78 is 1.77. The van der Waals surface area contributed by atoms with Crippen LogP contribution in [0.15, 0.2) is 35.8 Å². The van der Waals surface area contributed by atoms with E-state index in [-0.39, 0.29) is 5.91 Å². The number of aliphatic carboxylic acids is 1. The minimum atomic E-state index is -1.06. The Balaban J connectivity index is 2.19. The summed E-state index contributed by atoms with van der Waals surface area (Å²) in [6.45, 7) is 2.58. The molecule has 1 unspecified atom stereocenters. The second kappa shape index (κ2) is 5.71. The Kier molecular flexibility index (Phi) is 4.01. The average Bonchev–Trinajstić information content (AvgIpc) is 3.05. The highest BCUT2D eigenvalue weighted by Crippen LogP contribution is 2.19. The molecule has 2 N–H and O–H groups in total. The lowest BCUT2D eigenvalue weighted by Crippen LogP contribution is -2.34. The van der Waals surface area contributed by atoms with Gasteiger partial charge in [-0.2, -0.15) is 0 Å². The highest BCUT2D eigenvalue weighted by Gasteiger charge is 2.24. The monoisotopic (exact) mass is 278 g/mol. The van der Waals surface area contributed by atoms with Crippen LogP contribution in [0.1, 0.15) is 28.3 Å². The third-order valence-electron chi connectivity index (χ3n) is 2.75. The lowest BCUT2D eigenvalue weighted by Gasteiger charge is -2.13. The molecule has 0 spiro atoms. The van der Waals surface area contributed by atoms with Gasteiger partial charge in [0, 0.05) is 17.6 Å². The van der Waals surface area contributed by atoms with Crippen LogP contribution >= 0.6 is 11.3 Å². The number of carbonyl (C=O) groups excluding carboxylic acids is 1. The Morgan fingerprint density at radius 3 is 2.79 bits per heavy atom. The predicted octanol–water partition coefficient (Wildman–Crippen LogP) is 2.13. The van der Waals surface area contributed by atoms with Gasteiger partial charge in [-0.25, -0.2) is 4.79 Å². The summed E-state index contributed by atoms with van der Waals surface area (Å²) in [6.07, 6.45) is 1.79. The third-order valence-corrected chi connectivity index (χ3v) is 3.69. The molecule has 0 aromatic carbocycles. The summed E-state index contributed by atoms with van der Waals surface area (Å²) in [7, 11) is 0. The molecule has 2 rings (SSSR count). The Hall–Kier alpha value is -2.08. The van der Waals surface area contributed by atoms with Gasteiger partial charge in [-0.15, -0.1) is 11.3 Å². The molecule has 0 aliphatic rings.